The molecule has 2 aromatic heterocycles. The van der Waals surface area contributed by atoms with Crippen LogP contribution in [0.2, 0.25) is 0 Å². The number of hydrogen-bond acceptors (Lipinski definition) is 6. The molecule has 0 aliphatic carbocycles. The Morgan fingerprint density at radius 2 is 2.26 bits per heavy atom. The lowest BCUT2D eigenvalue weighted by Gasteiger charge is -2.00. The van der Waals surface area contributed by atoms with Crippen molar-refractivity contribution in [2.24, 2.45) is 5.92 Å². The van der Waals surface area contributed by atoms with Crippen molar-refractivity contribution in [1.82, 2.24) is 13.9 Å². The molecule has 0 bridgehead atoms. The van der Waals surface area contributed by atoms with Gasteiger partial charge in [-0.3, -0.25) is 19.5 Å². The second-order valence-electron chi connectivity index (χ2n) is 4.45. The number of nitro groups is 1. The van der Waals surface area contributed by atoms with Crippen LogP contribution >= 0.6 is 11.5 Å². The van der Waals surface area contributed by atoms with Gasteiger partial charge in [0.25, 0.3) is 5.43 Å². The zero-order valence-corrected chi connectivity index (χ0v) is 11.3. The van der Waals surface area contributed by atoms with Crippen LogP contribution in [0.15, 0.2) is 23.3 Å². The van der Waals surface area contributed by atoms with Gasteiger partial charge in [-0.15, -0.1) is 0 Å². The molecule has 0 radical (unpaired) electrons. The van der Waals surface area contributed by atoms with Crippen molar-refractivity contribution in [3.63, 3.8) is 0 Å². The molecule has 0 atom stereocenters. The Balaban J connectivity index is 2.37. The number of aromatic nitrogens is 3. The minimum Gasteiger partial charge on any atom is -0.292 e. The van der Waals surface area contributed by atoms with E-state index in [2.05, 4.69) is 23.2 Å². The molecule has 0 saturated heterocycles. The summed E-state index contributed by atoms with van der Waals surface area (Å²) in [6.45, 7) is 4.12. The van der Waals surface area contributed by atoms with Gasteiger partial charge in [-0.05, 0) is 5.92 Å². The highest BCUT2D eigenvalue weighted by atomic mass is 32.1. The molecular formula is C11H12N4O3S. The largest absolute Gasteiger partial charge is 0.332 e. The summed E-state index contributed by atoms with van der Waals surface area (Å²) in [5.41, 5.74) is -1.09. The predicted octanol–water partition coefficient (Wildman–Crippen LogP) is 1.80. The second-order valence-corrected chi connectivity index (χ2v) is 5.18. The highest BCUT2D eigenvalue weighted by Crippen LogP contribution is 2.15. The van der Waals surface area contributed by atoms with E-state index in [1.807, 2.05) is 0 Å². The van der Waals surface area contributed by atoms with Gasteiger partial charge in [-0.25, -0.2) is 4.98 Å². The first kappa shape index (κ1) is 13.3. The summed E-state index contributed by atoms with van der Waals surface area (Å²) in [6.07, 6.45) is 3.37. The molecule has 0 unspecified atom stereocenters. The van der Waals surface area contributed by atoms with E-state index in [1.165, 1.54) is 17.0 Å². The Morgan fingerprint density at radius 3 is 2.89 bits per heavy atom. The van der Waals surface area contributed by atoms with Crippen molar-refractivity contribution in [1.29, 1.82) is 0 Å². The van der Waals surface area contributed by atoms with Crippen molar-refractivity contribution in [3.05, 3.63) is 44.6 Å². The lowest BCUT2D eigenvalue weighted by Crippen LogP contribution is -2.10. The number of rotatable bonds is 4. The first-order valence-corrected chi connectivity index (χ1v) is 6.44. The monoisotopic (exact) mass is 280 g/mol. The van der Waals surface area contributed by atoms with E-state index in [4.69, 9.17) is 0 Å². The number of pyridine rings is 1. The lowest BCUT2D eigenvalue weighted by molar-refractivity contribution is -0.386. The molecule has 0 N–H and O–H groups in total. The van der Waals surface area contributed by atoms with Gasteiger partial charge in [-0.2, -0.15) is 4.37 Å². The normalized spacial score (nSPS) is 10.9. The van der Waals surface area contributed by atoms with Gasteiger partial charge in [0.2, 0.25) is 5.13 Å². The highest BCUT2D eigenvalue weighted by molar-refractivity contribution is 7.08. The zero-order chi connectivity index (χ0) is 14.0. The quantitative estimate of drug-likeness (QED) is 0.629. The van der Waals surface area contributed by atoms with Crippen molar-refractivity contribution in [2.45, 2.75) is 20.3 Å². The van der Waals surface area contributed by atoms with Crippen LogP contribution in [-0.2, 0) is 6.42 Å². The Hall–Kier alpha value is -2.09. The third-order valence-electron chi connectivity index (χ3n) is 2.37. The van der Waals surface area contributed by atoms with E-state index in [9.17, 15) is 14.9 Å². The summed E-state index contributed by atoms with van der Waals surface area (Å²) in [5, 5.41) is 11.2. The lowest BCUT2D eigenvalue weighted by atomic mass is 10.1. The molecule has 0 aliphatic heterocycles. The SMILES string of the molecule is CC(C)Cc1nsc(-n2ccc(=O)c([N+](=O)[O-])c2)n1. The van der Waals surface area contributed by atoms with Gasteiger partial charge in [0.15, 0.2) is 0 Å². The maximum Gasteiger partial charge on any atom is 0.332 e. The maximum atomic E-state index is 11.3. The summed E-state index contributed by atoms with van der Waals surface area (Å²) in [5.74, 6) is 1.14. The molecule has 0 spiro atoms. The van der Waals surface area contributed by atoms with E-state index in [-0.39, 0.29) is 0 Å². The second kappa shape index (κ2) is 5.27. The van der Waals surface area contributed by atoms with Crippen LogP contribution in [0, 0.1) is 16.0 Å². The standard InChI is InChI=1S/C11H12N4O3S/c1-7(2)5-10-12-11(19-13-10)14-4-3-9(16)8(6-14)15(17)18/h3-4,6-7H,5H2,1-2H3. The molecule has 2 aromatic rings. The molecule has 0 aromatic carbocycles. The minimum atomic E-state index is -0.700. The van der Waals surface area contributed by atoms with Gasteiger partial charge in [0.1, 0.15) is 5.82 Å². The molecule has 7 nitrogen and oxygen atoms in total. The first-order valence-electron chi connectivity index (χ1n) is 5.67. The van der Waals surface area contributed by atoms with E-state index in [0.717, 1.165) is 24.0 Å². The fraction of sp³-hybridized carbons (Fsp3) is 0.364. The van der Waals surface area contributed by atoms with Crippen LogP contribution in [0.5, 0.6) is 0 Å². The first-order chi connectivity index (χ1) is 8.97. The van der Waals surface area contributed by atoms with Crippen LogP contribution in [0.4, 0.5) is 5.69 Å². The summed E-state index contributed by atoms with van der Waals surface area (Å²) in [7, 11) is 0. The molecule has 0 saturated carbocycles. The summed E-state index contributed by atoms with van der Waals surface area (Å²) in [4.78, 5) is 25.6. The van der Waals surface area contributed by atoms with Gasteiger partial charge in [0.05, 0.1) is 11.1 Å². The average Bonchev–Trinajstić information content (AvgIpc) is 2.76. The molecule has 0 fully saturated rings. The smallest absolute Gasteiger partial charge is 0.292 e. The van der Waals surface area contributed by atoms with Gasteiger partial charge in [-0.1, -0.05) is 13.8 Å². The molecule has 19 heavy (non-hydrogen) atoms. The summed E-state index contributed by atoms with van der Waals surface area (Å²) < 4.78 is 5.64. The van der Waals surface area contributed by atoms with Crippen LogP contribution < -0.4 is 5.43 Å². The minimum absolute atomic E-state index is 0.436. The van der Waals surface area contributed by atoms with E-state index in [0.29, 0.717) is 16.9 Å². The van der Waals surface area contributed by atoms with E-state index < -0.39 is 16.0 Å². The van der Waals surface area contributed by atoms with E-state index in [1.54, 1.807) is 0 Å². The molecule has 100 valence electrons. The molecule has 2 heterocycles. The number of nitrogens with zero attached hydrogens (tertiary/aromatic N) is 4. The maximum absolute atomic E-state index is 11.3. The van der Waals surface area contributed by atoms with Crippen molar-refractivity contribution in [3.8, 4) is 5.13 Å². The molecule has 0 amide bonds. The Morgan fingerprint density at radius 1 is 1.53 bits per heavy atom. The fourth-order valence-electron chi connectivity index (χ4n) is 1.53. The molecule has 8 heteroatoms. The molecule has 0 aliphatic rings. The zero-order valence-electron chi connectivity index (χ0n) is 10.4. The van der Waals surface area contributed by atoms with Gasteiger partial charge in [0, 0.05) is 30.2 Å². The highest BCUT2D eigenvalue weighted by Gasteiger charge is 2.14. The third-order valence-corrected chi connectivity index (χ3v) is 3.13. The predicted molar refractivity (Wildman–Crippen MR) is 70.7 cm³/mol. The van der Waals surface area contributed by atoms with Crippen LogP contribution in [0.3, 0.4) is 0 Å². The van der Waals surface area contributed by atoms with Crippen LogP contribution in [0.1, 0.15) is 19.7 Å². The Kier molecular flexibility index (Phi) is 3.70. The van der Waals surface area contributed by atoms with Gasteiger partial charge >= 0.3 is 5.69 Å². The van der Waals surface area contributed by atoms with Crippen molar-refractivity contribution in [2.75, 3.05) is 0 Å². The van der Waals surface area contributed by atoms with Crippen LogP contribution in [0.25, 0.3) is 5.13 Å². The van der Waals surface area contributed by atoms with Gasteiger partial charge < -0.3 is 0 Å². The average molecular weight is 280 g/mol. The van der Waals surface area contributed by atoms with E-state index >= 15 is 0 Å². The number of hydrogen-bond donors (Lipinski definition) is 0. The summed E-state index contributed by atoms with van der Waals surface area (Å²) >= 11 is 1.15. The molecular weight excluding hydrogens is 268 g/mol. The Bertz CT molecular complexity index is 662. The fourth-order valence-corrected chi connectivity index (χ4v) is 2.18. The topological polar surface area (TPSA) is 90.9 Å². The van der Waals surface area contributed by atoms with Crippen molar-refractivity contribution < 1.29 is 4.92 Å². The summed E-state index contributed by atoms with van der Waals surface area (Å²) in [6, 6.07) is 1.15. The third kappa shape index (κ3) is 3.02. The van der Waals surface area contributed by atoms with Crippen molar-refractivity contribution >= 4 is 17.2 Å². The Labute approximate surface area is 112 Å². The molecule has 2 rings (SSSR count). The van der Waals surface area contributed by atoms with Crippen LogP contribution in [-0.4, -0.2) is 18.8 Å².